The van der Waals surface area contributed by atoms with E-state index in [1.807, 2.05) is 62.9 Å². The highest BCUT2D eigenvalue weighted by molar-refractivity contribution is 7.90. The van der Waals surface area contributed by atoms with Gasteiger partial charge in [0.2, 0.25) is 40.1 Å². The van der Waals surface area contributed by atoms with Gasteiger partial charge in [-0.2, -0.15) is 17.2 Å². The van der Waals surface area contributed by atoms with Crippen LogP contribution < -0.4 is 0 Å². The third-order valence-corrected chi connectivity index (χ3v) is 18.7. The fourth-order valence-electron chi connectivity index (χ4n) is 7.13. The zero-order valence-corrected chi connectivity index (χ0v) is 38.8. The van der Waals surface area contributed by atoms with Gasteiger partial charge >= 0.3 is 0 Å². The van der Waals surface area contributed by atoms with E-state index in [2.05, 4.69) is 0 Å². The van der Waals surface area contributed by atoms with Crippen molar-refractivity contribution in [2.45, 2.75) is 53.8 Å². The topological polar surface area (TPSA) is 153 Å². The molecule has 62 heavy (non-hydrogen) atoms. The molecule has 6 rings (SSSR count). The number of hydrogen-bond acceptors (Lipinski definition) is 9. The molecule has 0 spiro atoms. The Morgan fingerprint density at radius 2 is 0.548 bits per heavy atom. The summed E-state index contributed by atoms with van der Waals surface area (Å²) in [6, 6.07) is 34.9. The second kappa shape index (κ2) is 20.0. The lowest BCUT2D eigenvalue weighted by atomic mass is 10.2. The van der Waals surface area contributed by atoms with E-state index in [1.54, 1.807) is 48.5 Å². The van der Waals surface area contributed by atoms with Gasteiger partial charge in [0.25, 0.3) is 0 Å². The molecule has 17 heteroatoms. The van der Waals surface area contributed by atoms with Gasteiger partial charge in [0, 0.05) is 72.0 Å². The van der Waals surface area contributed by atoms with Gasteiger partial charge in [0.1, 0.15) is 0 Å². The standard InChI is InChI=1S/C45H55N5O8S4/c1-37-10-18-42(19-11-37)59(51,52)47-28-26-46(36-41-8-6-5-7-9-41)27-29-48(60(53,54)43-20-12-38(2)13-21-43)31-33-50(62(57,58)45-24-16-40(4)17-25-45)35-34-49(32-30-47)61(55,56)44-22-14-39(3)15-23-44/h5-25H,26-36H2,1-4H3. The van der Waals surface area contributed by atoms with Gasteiger partial charge in [-0.3, -0.25) is 4.90 Å². The minimum absolute atomic E-state index is 0.0358. The number of sulfonamides is 4. The molecule has 1 fully saturated rings. The number of hydrogen-bond donors (Lipinski definition) is 0. The molecule has 0 saturated carbocycles. The minimum Gasteiger partial charge on any atom is -0.296 e. The first-order valence-corrected chi connectivity index (χ1v) is 26.2. The zero-order valence-electron chi connectivity index (χ0n) is 35.5. The summed E-state index contributed by atoms with van der Waals surface area (Å²) in [5.41, 5.74) is 4.30. The van der Waals surface area contributed by atoms with E-state index in [-0.39, 0.29) is 85.0 Å². The molecule has 332 valence electrons. The first-order chi connectivity index (χ1) is 29.4. The van der Waals surface area contributed by atoms with Crippen LogP contribution in [-0.4, -0.2) is 121 Å². The molecule has 1 aliphatic rings. The lowest BCUT2D eigenvalue weighted by Crippen LogP contribution is -2.47. The van der Waals surface area contributed by atoms with Crippen LogP contribution in [0.3, 0.4) is 0 Å². The van der Waals surface area contributed by atoms with Crippen molar-refractivity contribution in [2.75, 3.05) is 65.4 Å². The molecule has 0 aromatic heterocycles. The average Bonchev–Trinajstić information content (AvgIpc) is 3.24. The Morgan fingerprint density at radius 1 is 0.323 bits per heavy atom. The lowest BCUT2D eigenvalue weighted by Gasteiger charge is -2.30. The van der Waals surface area contributed by atoms with Crippen LogP contribution in [0.1, 0.15) is 27.8 Å². The van der Waals surface area contributed by atoms with Gasteiger partial charge in [-0.15, -0.1) is 0 Å². The molecule has 1 heterocycles. The number of aryl methyl sites for hydroxylation is 4. The van der Waals surface area contributed by atoms with Crippen molar-refractivity contribution in [3.05, 3.63) is 155 Å². The Labute approximate surface area is 368 Å². The Balaban J connectivity index is 1.48. The quantitative estimate of drug-likeness (QED) is 0.177. The lowest BCUT2D eigenvalue weighted by molar-refractivity contribution is 0.222. The van der Waals surface area contributed by atoms with Crippen LogP contribution in [-0.2, 0) is 46.6 Å². The normalized spacial score (nSPS) is 17.3. The van der Waals surface area contributed by atoms with Gasteiger partial charge < -0.3 is 0 Å². The Bertz CT molecular complexity index is 2550. The predicted octanol–water partition coefficient (Wildman–Crippen LogP) is 5.50. The highest BCUT2D eigenvalue weighted by atomic mass is 32.2. The summed E-state index contributed by atoms with van der Waals surface area (Å²) in [5, 5.41) is 0. The smallest absolute Gasteiger partial charge is 0.243 e. The molecule has 0 aliphatic carbocycles. The van der Waals surface area contributed by atoms with Gasteiger partial charge in [-0.1, -0.05) is 101 Å². The molecular formula is C45H55N5O8S4. The van der Waals surface area contributed by atoms with Crippen molar-refractivity contribution < 1.29 is 33.7 Å². The van der Waals surface area contributed by atoms with Gasteiger partial charge in [0.15, 0.2) is 0 Å². The minimum atomic E-state index is -4.32. The highest BCUT2D eigenvalue weighted by Gasteiger charge is 2.34. The third kappa shape index (κ3) is 11.4. The van der Waals surface area contributed by atoms with Crippen molar-refractivity contribution in [3.63, 3.8) is 0 Å². The first kappa shape index (κ1) is 47.2. The second-order valence-electron chi connectivity index (χ2n) is 15.6. The average molecular weight is 922 g/mol. The van der Waals surface area contributed by atoms with Crippen molar-refractivity contribution in [3.8, 4) is 0 Å². The second-order valence-corrected chi connectivity index (χ2v) is 23.4. The zero-order chi connectivity index (χ0) is 44.7. The van der Waals surface area contributed by atoms with E-state index in [4.69, 9.17) is 0 Å². The van der Waals surface area contributed by atoms with Crippen molar-refractivity contribution in [2.24, 2.45) is 0 Å². The van der Waals surface area contributed by atoms with Crippen LogP contribution in [0.15, 0.2) is 147 Å². The van der Waals surface area contributed by atoms with Crippen LogP contribution in [0, 0.1) is 27.7 Å². The largest absolute Gasteiger partial charge is 0.296 e. The maximum Gasteiger partial charge on any atom is 0.243 e. The molecule has 0 atom stereocenters. The van der Waals surface area contributed by atoms with E-state index in [0.717, 1.165) is 36.4 Å². The Hall–Kier alpha value is -4.30. The molecule has 1 saturated heterocycles. The monoisotopic (exact) mass is 921 g/mol. The molecule has 1 aliphatic heterocycles. The first-order valence-electron chi connectivity index (χ1n) is 20.4. The van der Waals surface area contributed by atoms with Crippen LogP contribution >= 0.6 is 0 Å². The van der Waals surface area contributed by atoms with Gasteiger partial charge in [0.05, 0.1) is 19.6 Å². The number of benzene rings is 5. The summed E-state index contributed by atoms with van der Waals surface area (Å²) in [6.45, 7) is 6.10. The molecular weight excluding hydrogens is 867 g/mol. The molecule has 0 N–H and O–H groups in total. The van der Waals surface area contributed by atoms with Crippen molar-refractivity contribution >= 4 is 40.1 Å². The van der Waals surface area contributed by atoms with E-state index in [1.165, 1.54) is 57.1 Å². The van der Waals surface area contributed by atoms with Crippen molar-refractivity contribution in [1.29, 1.82) is 0 Å². The molecule has 5 aromatic carbocycles. The predicted molar refractivity (Wildman–Crippen MR) is 241 cm³/mol. The molecule has 5 aromatic rings. The number of rotatable bonds is 10. The molecule has 0 amide bonds. The Morgan fingerprint density at radius 3 is 0.790 bits per heavy atom. The van der Waals surface area contributed by atoms with Gasteiger partial charge in [-0.25, -0.2) is 33.7 Å². The van der Waals surface area contributed by atoms with Crippen LogP contribution in [0.25, 0.3) is 0 Å². The molecule has 13 nitrogen and oxygen atoms in total. The maximum atomic E-state index is 14.5. The van der Waals surface area contributed by atoms with Crippen molar-refractivity contribution in [1.82, 2.24) is 22.1 Å². The third-order valence-electron chi connectivity index (χ3n) is 11.0. The summed E-state index contributed by atoms with van der Waals surface area (Å²) in [7, 11) is -17.0. The van der Waals surface area contributed by atoms with E-state index >= 15 is 0 Å². The summed E-state index contributed by atoms with van der Waals surface area (Å²) < 4.78 is 121. The van der Waals surface area contributed by atoms with Gasteiger partial charge in [-0.05, 0) is 81.8 Å². The number of nitrogens with zero attached hydrogens (tertiary/aromatic N) is 5. The Kier molecular flexibility index (Phi) is 15.2. The van der Waals surface area contributed by atoms with Crippen LogP contribution in [0.5, 0.6) is 0 Å². The summed E-state index contributed by atoms with van der Waals surface area (Å²) in [4.78, 5) is 1.97. The highest BCUT2D eigenvalue weighted by Crippen LogP contribution is 2.24. The maximum absolute atomic E-state index is 14.5. The summed E-state index contributed by atoms with van der Waals surface area (Å²) in [5.74, 6) is 0. The van der Waals surface area contributed by atoms with Crippen LogP contribution in [0.4, 0.5) is 0 Å². The fourth-order valence-corrected chi connectivity index (χ4v) is 12.8. The molecule has 0 bridgehead atoms. The summed E-state index contributed by atoms with van der Waals surface area (Å²) >= 11 is 0. The summed E-state index contributed by atoms with van der Waals surface area (Å²) in [6.07, 6.45) is 0. The SMILES string of the molecule is Cc1ccc(S(=O)(=O)N2CCN(Cc3ccccc3)CCN(S(=O)(=O)c3ccc(C)cc3)CCN(S(=O)(=O)c3ccc(C)cc3)CCN(S(=O)(=O)c3ccc(C)cc3)CC2)cc1. The van der Waals surface area contributed by atoms with Crippen LogP contribution in [0.2, 0.25) is 0 Å². The van der Waals surface area contributed by atoms with E-state index < -0.39 is 40.1 Å². The van der Waals surface area contributed by atoms with E-state index in [9.17, 15) is 33.7 Å². The molecule has 0 radical (unpaired) electrons. The van der Waals surface area contributed by atoms with E-state index in [0.29, 0.717) is 6.54 Å². The fraction of sp³-hybridized carbons (Fsp3) is 0.333. The molecule has 0 unspecified atom stereocenters.